The van der Waals surface area contributed by atoms with Gasteiger partial charge in [0.15, 0.2) is 5.17 Å². The number of nitrogens with one attached hydrogen (secondary N) is 1. The van der Waals surface area contributed by atoms with Gasteiger partial charge in [-0.1, -0.05) is 27.7 Å². The highest BCUT2D eigenvalue weighted by molar-refractivity contribution is 9.10. The van der Waals surface area contributed by atoms with Gasteiger partial charge in [-0.2, -0.15) is 0 Å². The fourth-order valence-corrected chi connectivity index (χ4v) is 4.25. The molecule has 2 heterocycles. The van der Waals surface area contributed by atoms with E-state index in [0.29, 0.717) is 10.9 Å². The van der Waals surface area contributed by atoms with Crippen molar-refractivity contribution in [3.63, 3.8) is 0 Å². The summed E-state index contributed by atoms with van der Waals surface area (Å²) in [5.74, 6) is 0.613. The number of hydrogen-bond donors (Lipinski definition) is 2. The van der Waals surface area contributed by atoms with Crippen LogP contribution in [0, 0.1) is 6.92 Å². The third-order valence-corrected chi connectivity index (χ3v) is 5.50. The largest absolute Gasteiger partial charge is 0.379 e. The quantitative estimate of drug-likeness (QED) is 0.793. The number of anilines is 1. The van der Waals surface area contributed by atoms with Crippen LogP contribution in [-0.2, 0) is 5.54 Å². The van der Waals surface area contributed by atoms with Gasteiger partial charge in [-0.05, 0) is 44.0 Å². The van der Waals surface area contributed by atoms with E-state index in [2.05, 4.69) is 43.1 Å². The normalized spacial score (nSPS) is 20.0. The van der Waals surface area contributed by atoms with Gasteiger partial charge in [-0.25, -0.2) is 4.98 Å². The predicted octanol–water partition coefficient (Wildman–Crippen LogP) is 3.47. The number of aromatic nitrogens is 2. The lowest BCUT2D eigenvalue weighted by atomic mass is 9.89. The van der Waals surface area contributed by atoms with Crippen LogP contribution in [-0.4, -0.2) is 26.8 Å². The number of amides is 1. The number of rotatable bonds is 3. The van der Waals surface area contributed by atoms with Crippen LogP contribution in [0.2, 0.25) is 0 Å². The van der Waals surface area contributed by atoms with Crippen molar-refractivity contribution < 1.29 is 4.79 Å². The molecule has 6 nitrogen and oxygen atoms in total. The molecule has 1 aromatic carbocycles. The van der Waals surface area contributed by atoms with Gasteiger partial charge in [-0.15, -0.1) is 0 Å². The molecule has 130 valence electrons. The van der Waals surface area contributed by atoms with Crippen LogP contribution in [0.15, 0.2) is 40.1 Å². The van der Waals surface area contributed by atoms with Gasteiger partial charge in [0.05, 0.1) is 17.4 Å². The molecule has 0 spiro atoms. The molecular formula is C17H18BrN5OS. The second kappa shape index (κ2) is 7.13. The van der Waals surface area contributed by atoms with E-state index < -0.39 is 5.54 Å². The van der Waals surface area contributed by atoms with Crippen LogP contribution in [0.5, 0.6) is 0 Å². The number of carbonyl (C=O) groups is 1. The molecule has 0 saturated carbocycles. The molecule has 1 aliphatic heterocycles. The summed E-state index contributed by atoms with van der Waals surface area (Å²) < 4.78 is 0.937. The van der Waals surface area contributed by atoms with E-state index in [4.69, 9.17) is 5.73 Å². The molecule has 1 aliphatic rings. The molecule has 3 N–H and O–H groups in total. The number of benzene rings is 1. The highest BCUT2D eigenvalue weighted by Gasteiger charge is 2.31. The third kappa shape index (κ3) is 4.01. The SMILES string of the molecule is Cc1cnc(C(=O)Nc2ccc(Br)c(C3(C)CCSC(N)=N3)c2)cn1. The van der Waals surface area contributed by atoms with E-state index in [9.17, 15) is 4.79 Å². The fourth-order valence-electron chi connectivity index (χ4n) is 2.60. The van der Waals surface area contributed by atoms with Crippen molar-refractivity contribution in [1.29, 1.82) is 0 Å². The smallest absolute Gasteiger partial charge is 0.275 e. The van der Waals surface area contributed by atoms with E-state index in [1.807, 2.05) is 25.1 Å². The topological polar surface area (TPSA) is 93.3 Å². The van der Waals surface area contributed by atoms with Crippen molar-refractivity contribution in [2.45, 2.75) is 25.8 Å². The minimum atomic E-state index is -0.418. The minimum Gasteiger partial charge on any atom is -0.379 e. The summed E-state index contributed by atoms with van der Waals surface area (Å²) in [6.07, 6.45) is 3.91. The number of amidine groups is 1. The van der Waals surface area contributed by atoms with Crippen molar-refractivity contribution in [2.24, 2.45) is 10.7 Å². The van der Waals surface area contributed by atoms with Crippen molar-refractivity contribution in [2.75, 3.05) is 11.1 Å². The second-order valence-corrected chi connectivity index (χ2v) is 7.98. The van der Waals surface area contributed by atoms with Gasteiger partial charge in [0.25, 0.3) is 5.91 Å². The molecule has 1 amide bonds. The highest BCUT2D eigenvalue weighted by atomic mass is 79.9. The van der Waals surface area contributed by atoms with Gasteiger partial charge in [0.2, 0.25) is 0 Å². The van der Waals surface area contributed by atoms with Crippen LogP contribution in [0.3, 0.4) is 0 Å². The standard InChI is InChI=1S/C17H18BrN5OS/c1-10-8-21-14(9-20-10)15(24)22-11-3-4-13(18)12(7-11)17(2)5-6-25-16(19)23-17/h3-4,7-9H,5-6H2,1-2H3,(H2,19,23)(H,22,24). The number of carbonyl (C=O) groups excluding carboxylic acids is 1. The van der Waals surface area contributed by atoms with Crippen molar-refractivity contribution >= 4 is 44.5 Å². The fraction of sp³-hybridized carbons (Fsp3) is 0.294. The summed E-state index contributed by atoms with van der Waals surface area (Å²) in [5, 5.41) is 3.45. The Bertz CT molecular complexity index is 839. The van der Waals surface area contributed by atoms with Crippen LogP contribution < -0.4 is 11.1 Å². The maximum Gasteiger partial charge on any atom is 0.275 e. The molecule has 2 aromatic rings. The first kappa shape index (κ1) is 17.9. The molecular weight excluding hydrogens is 402 g/mol. The molecule has 8 heteroatoms. The van der Waals surface area contributed by atoms with E-state index >= 15 is 0 Å². The minimum absolute atomic E-state index is 0.276. The third-order valence-electron chi connectivity index (χ3n) is 4.01. The zero-order chi connectivity index (χ0) is 18.0. The first-order chi connectivity index (χ1) is 11.9. The Balaban J connectivity index is 1.88. The molecule has 3 rings (SSSR count). The number of aryl methyl sites for hydroxylation is 1. The molecule has 1 atom stereocenters. The van der Waals surface area contributed by atoms with Crippen molar-refractivity contribution in [3.05, 3.63) is 52.0 Å². The van der Waals surface area contributed by atoms with Gasteiger partial charge in [0, 0.05) is 22.1 Å². The lowest BCUT2D eigenvalue weighted by molar-refractivity contribution is 0.102. The van der Waals surface area contributed by atoms with Crippen molar-refractivity contribution in [3.8, 4) is 0 Å². The summed E-state index contributed by atoms with van der Waals surface area (Å²) in [6, 6.07) is 5.67. The highest BCUT2D eigenvalue weighted by Crippen LogP contribution is 2.39. The number of thioether (sulfide) groups is 1. The zero-order valence-corrected chi connectivity index (χ0v) is 16.3. The molecule has 0 saturated heterocycles. The monoisotopic (exact) mass is 419 g/mol. The summed E-state index contributed by atoms with van der Waals surface area (Å²) >= 11 is 5.15. The number of halogens is 1. The van der Waals surface area contributed by atoms with E-state index in [1.54, 1.807) is 18.0 Å². The average molecular weight is 420 g/mol. The summed E-state index contributed by atoms with van der Waals surface area (Å²) in [6.45, 7) is 3.88. The van der Waals surface area contributed by atoms with Gasteiger partial charge in [-0.3, -0.25) is 14.8 Å². The molecule has 0 fully saturated rings. The second-order valence-electron chi connectivity index (χ2n) is 6.01. The zero-order valence-electron chi connectivity index (χ0n) is 13.9. The van der Waals surface area contributed by atoms with Crippen LogP contribution >= 0.6 is 27.7 Å². The predicted molar refractivity (Wildman–Crippen MR) is 105 cm³/mol. The maximum atomic E-state index is 12.4. The van der Waals surface area contributed by atoms with Gasteiger partial charge >= 0.3 is 0 Å². The summed E-state index contributed by atoms with van der Waals surface area (Å²) in [4.78, 5) is 25.2. The summed E-state index contributed by atoms with van der Waals surface area (Å²) in [7, 11) is 0. The molecule has 0 radical (unpaired) electrons. The molecule has 1 unspecified atom stereocenters. The number of nitrogens with zero attached hydrogens (tertiary/aromatic N) is 3. The van der Waals surface area contributed by atoms with E-state index in [1.165, 1.54) is 6.20 Å². The first-order valence-electron chi connectivity index (χ1n) is 7.75. The van der Waals surface area contributed by atoms with Gasteiger partial charge in [0.1, 0.15) is 5.69 Å². The van der Waals surface area contributed by atoms with Crippen LogP contribution in [0.1, 0.15) is 35.1 Å². The van der Waals surface area contributed by atoms with Crippen molar-refractivity contribution in [1.82, 2.24) is 9.97 Å². The average Bonchev–Trinajstić information content (AvgIpc) is 2.57. The van der Waals surface area contributed by atoms with Crippen LogP contribution in [0.25, 0.3) is 0 Å². The first-order valence-corrected chi connectivity index (χ1v) is 9.53. The molecule has 0 bridgehead atoms. The number of hydrogen-bond acceptors (Lipinski definition) is 6. The summed E-state index contributed by atoms with van der Waals surface area (Å²) in [5.41, 5.74) is 8.21. The van der Waals surface area contributed by atoms with E-state index in [0.717, 1.165) is 27.9 Å². The Morgan fingerprint density at radius 2 is 2.16 bits per heavy atom. The Hall–Kier alpha value is -1.93. The maximum absolute atomic E-state index is 12.4. The Morgan fingerprint density at radius 1 is 1.36 bits per heavy atom. The Kier molecular flexibility index (Phi) is 5.10. The Labute approximate surface area is 158 Å². The van der Waals surface area contributed by atoms with Crippen LogP contribution in [0.4, 0.5) is 5.69 Å². The number of aliphatic imine (C=N–C) groups is 1. The molecule has 1 aromatic heterocycles. The van der Waals surface area contributed by atoms with Gasteiger partial charge < -0.3 is 11.1 Å². The molecule has 0 aliphatic carbocycles. The molecule has 25 heavy (non-hydrogen) atoms. The van der Waals surface area contributed by atoms with E-state index in [-0.39, 0.29) is 11.6 Å². The Morgan fingerprint density at radius 3 is 2.84 bits per heavy atom. The lowest BCUT2D eigenvalue weighted by Gasteiger charge is -2.31. The lowest BCUT2D eigenvalue weighted by Crippen LogP contribution is -2.29. The number of nitrogens with two attached hydrogens (primary N) is 1.